The quantitative estimate of drug-likeness (QED) is 0.476. The Morgan fingerprint density at radius 1 is 1.10 bits per heavy atom. The largest absolute Gasteiger partial charge is 0.490 e. The Kier molecular flexibility index (Phi) is 6.80. The number of nitro benzene ring substituents is 1. The number of piperazine rings is 1. The summed E-state index contributed by atoms with van der Waals surface area (Å²) in [4.78, 5) is 15.6. The molecular formula is C21H32N4O5S. The van der Waals surface area contributed by atoms with E-state index in [1.54, 1.807) is 0 Å². The van der Waals surface area contributed by atoms with Crippen molar-refractivity contribution in [1.29, 1.82) is 0 Å². The van der Waals surface area contributed by atoms with E-state index in [0.717, 1.165) is 57.8 Å². The highest BCUT2D eigenvalue weighted by molar-refractivity contribution is 7.89. The van der Waals surface area contributed by atoms with E-state index in [1.807, 2.05) is 0 Å². The van der Waals surface area contributed by atoms with Gasteiger partial charge in [-0.05, 0) is 50.5 Å². The molecule has 1 heterocycles. The lowest BCUT2D eigenvalue weighted by atomic mass is 9.90. The number of nitrogens with zero attached hydrogens (tertiary/aromatic N) is 3. The predicted octanol–water partition coefficient (Wildman–Crippen LogP) is 2.22. The molecular weight excluding hydrogens is 420 g/mol. The molecule has 1 aromatic rings. The van der Waals surface area contributed by atoms with Crippen molar-refractivity contribution in [2.24, 2.45) is 5.92 Å². The van der Waals surface area contributed by atoms with E-state index < -0.39 is 14.9 Å². The van der Waals surface area contributed by atoms with Gasteiger partial charge in [0, 0.05) is 56.9 Å². The van der Waals surface area contributed by atoms with Crippen molar-refractivity contribution < 1.29 is 18.1 Å². The van der Waals surface area contributed by atoms with E-state index in [2.05, 4.69) is 14.5 Å². The molecule has 0 aromatic heterocycles. The van der Waals surface area contributed by atoms with Crippen molar-refractivity contribution in [3.05, 3.63) is 28.3 Å². The van der Waals surface area contributed by atoms with Crippen LogP contribution in [0.2, 0.25) is 0 Å². The van der Waals surface area contributed by atoms with Gasteiger partial charge < -0.3 is 9.64 Å². The molecule has 0 atom stereocenters. The second kappa shape index (κ2) is 9.40. The summed E-state index contributed by atoms with van der Waals surface area (Å²) in [5.41, 5.74) is -0.251. The molecule has 9 nitrogen and oxygen atoms in total. The number of hydrogen-bond acceptors (Lipinski definition) is 7. The van der Waals surface area contributed by atoms with E-state index in [0.29, 0.717) is 6.04 Å². The minimum atomic E-state index is -3.76. The van der Waals surface area contributed by atoms with Crippen LogP contribution in [0.3, 0.4) is 0 Å². The van der Waals surface area contributed by atoms with Crippen molar-refractivity contribution >= 4 is 15.7 Å². The van der Waals surface area contributed by atoms with Crippen LogP contribution in [-0.4, -0.2) is 75.1 Å². The third-order valence-electron chi connectivity index (χ3n) is 6.81. The Hall–Kier alpha value is -1.75. The predicted molar refractivity (Wildman–Crippen MR) is 117 cm³/mol. The molecule has 2 aliphatic carbocycles. The number of ether oxygens (including phenoxy) is 1. The fourth-order valence-electron chi connectivity index (χ4n) is 4.80. The monoisotopic (exact) mass is 452 g/mol. The van der Waals surface area contributed by atoms with Gasteiger partial charge in [-0.3, -0.25) is 15.0 Å². The molecule has 10 heteroatoms. The van der Waals surface area contributed by atoms with Crippen molar-refractivity contribution in [2.45, 2.75) is 55.5 Å². The van der Waals surface area contributed by atoms with Crippen molar-refractivity contribution in [2.75, 3.05) is 39.8 Å². The minimum Gasteiger partial charge on any atom is -0.490 e. The fraction of sp³-hybridized carbons (Fsp3) is 0.714. The number of sulfonamides is 1. The molecule has 31 heavy (non-hydrogen) atoms. The lowest BCUT2D eigenvalue weighted by Gasteiger charge is -2.42. The Morgan fingerprint density at radius 3 is 2.35 bits per heavy atom. The van der Waals surface area contributed by atoms with E-state index in [4.69, 9.17) is 4.74 Å². The van der Waals surface area contributed by atoms with Crippen LogP contribution in [-0.2, 0) is 10.0 Å². The lowest BCUT2D eigenvalue weighted by molar-refractivity contribution is -0.385. The molecule has 0 amide bonds. The van der Waals surface area contributed by atoms with Crippen LogP contribution in [0.25, 0.3) is 0 Å². The average molecular weight is 453 g/mol. The molecule has 2 saturated carbocycles. The number of nitrogens with one attached hydrogen (secondary N) is 1. The maximum absolute atomic E-state index is 12.8. The summed E-state index contributed by atoms with van der Waals surface area (Å²) >= 11 is 0. The molecule has 1 aromatic carbocycles. The molecule has 3 fully saturated rings. The fourth-order valence-corrected chi connectivity index (χ4v) is 6.12. The number of nitro groups is 1. The van der Waals surface area contributed by atoms with Gasteiger partial charge in [0.2, 0.25) is 10.0 Å². The maximum Gasteiger partial charge on any atom is 0.310 e. The van der Waals surface area contributed by atoms with Crippen molar-refractivity contribution in [3.8, 4) is 5.75 Å². The first-order valence-electron chi connectivity index (χ1n) is 11.2. The van der Waals surface area contributed by atoms with Crippen LogP contribution in [0.4, 0.5) is 5.69 Å². The van der Waals surface area contributed by atoms with E-state index >= 15 is 0 Å². The van der Waals surface area contributed by atoms with Gasteiger partial charge in [-0.2, -0.15) is 0 Å². The van der Waals surface area contributed by atoms with Crippen LogP contribution < -0.4 is 9.46 Å². The molecule has 1 N–H and O–H groups in total. The smallest absolute Gasteiger partial charge is 0.310 e. The van der Waals surface area contributed by atoms with Crippen LogP contribution in [0.1, 0.15) is 38.5 Å². The van der Waals surface area contributed by atoms with Crippen LogP contribution in [0, 0.1) is 16.0 Å². The normalized spacial score (nSPS) is 26.0. The van der Waals surface area contributed by atoms with Crippen LogP contribution >= 0.6 is 0 Å². The molecule has 0 spiro atoms. The molecule has 0 bridgehead atoms. The number of benzene rings is 1. The Morgan fingerprint density at radius 2 is 1.77 bits per heavy atom. The standard InChI is InChI=1S/C21H32N4O5S/c1-30-21-14-19(8-9-20(21)25(26)27)31(28,29)22-17-4-6-18(7-5-17)24-12-10-23(11-13-24)15-16-2-3-16/h8-9,14,16-18,22H,2-7,10-13,15H2,1H3/t17-,18-. The number of methoxy groups -OCH3 is 1. The zero-order valence-electron chi connectivity index (χ0n) is 18.0. The first kappa shape index (κ1) is 22.4. The van der Waals surface area contributed by atoms with E-state index in [9.17, 15) is 18.5 Å². The summed E-state index contributed by atoms with van der Waals surface area (Å²) in [6.07, 6.45) is 6.37. The van der Waals surface area contributed by atoms with Gasteiger partial charge in [-0.15, -0.1) is 0 Å². The second-order valence-electron chi connectivity index (χ2n) is 9.00. The van der Waals surface area contributed by atoms with Crippen molar-refractivity contribution in [3.63, 3.8) is 0 Å². The molecule has 1 saturated heterocycles. The highest BCUT2D eigenvalue weighted by Crippen LogP contribution is 2.32. The SMILES string of the molecule is COc1cc(S(=O)(=O)N[C@H]2CC[C@H](N3CCN(CC4CC4)CC3)CC2)ccc1[N+](=O)[O-]. The minimum absolute atomic E-state index is 0.0103. The first-order valence-corrected chi connectivity index (χ1v) is 12.6. The molecule has 0 radical (unpaired) electrons. The summed E-state index contributed by atoms with van der Waals surface area (Å²) in [5, 5.41) is 11.0. The van der Waals surface area contributed by atoms with E-state index in [1.165, 1.54) is 44.7 Å². The molecule has 1 aliphatic heterocycles. The molecule has 0 unspecified atom stereocenters. The molecule has 172 valence electrons. The molecule has 3 aliphatic rings. The van der Waals surface area contributed by atoms with Crippen LogP contribution in [0.5, 0.6) is 5.75 Å². The van der Waals surface area contributed by atoms with Crippen molar-refractivity contribution in [1.82, 2.24) is 14.5 Å². The topological polar surface area (TPSA) is 105 Å². The van der Waals surface area contributed by atoms with Gasteiger partial charge in [0.1, 0.15) is 0 Å². The van der Waals surface area contributed by atoms with Crippen LogP contribution in [0.15, 0.2) is 23.1 Å². The zero-order valence-corrected chi connectivity index (χ0v) is 18.8. The highest BCUT2D eigenvalue weighted by Gasteiger charge is 2.32. The van der Waals surface area contributed by atoms with Gasteiger partial charge >= 0.3 is 5.69 Å². The molecule has 4 rings (SSSR count). The summed E-state index contributed by atoms with van der Waals surface area (Å²) in [5.74, 6) is 0.878. The van der Waals surface area contributed by atoms with Gasteiger partial charge in [0.25, 0.3) is 0 Å². The Bertz CT molecular complexity index is 889. The van der Waals surface area contributed by atoms with E-state index in [-0.39, 0.29) is 22.4 Å². The highest BCUT2D eigenvalue weighted by atomic mass is 32.2. The summed E-state index contributed by atoms with van der Waals surface area (Å²) in [6.45, 7) is 5.76. The second-order valence-corrected chi connectivity index (χ2v) is 10.7. The summed E-state index contributed by atoms with van der Waals surface area (Å²) < 4.78 is 33.4. The lowest BCUT2D eigenvalue weighted by Crippen LogP contribution is -2.52. The summed E-state index contributed by atoms with van der Waals surface area (Å²) in [7, 11) is -2.47. The first-order chi connectivity index (χ1) is 14.9. The Balaban J connectivity index is 1.28. The van der Waals surface area contributed by atoms with Gasteiger partial charge in [-0.1, -0.05) is 0 Å². The van der Waals surface area contributed by atoms with Gasteiger partial charge in [-0.25, -0.2) is 13.1 Å². The Labute approximate surface area is 183 Å². The third-order valence-corrected chi connectivity index (χ3v) is 8.33. The zero-order chi connectivity index (χ0) is 22.0. The maximum atomic E-state index is 12.8. The average Bonchev–Trinajstić information content (AvgIpc) is 3.58. The summed E-state index contributed by atoms with van der Waals surface area (Å²) in [6, 6.07) is 4.07. The van der Waals surface area contributed by atoms with Gasteiger partial charge in [0.05, 0.1) is 16.9 Å². The van der Waals surface area contributed by atoms with Gasteiger partial charge in [0.15, 0.2) is 5.75 Å². The third kappa shape index (κ3) is 5.54. The number of hydrogen-bond donors (Lipinski definition) is 1. The number of rotatable bonds is 8.